The summed E-state index contributed by atoms with van der Waals surface area (Å²) in [7, 11) is 1.49. The molecule has 3 N–H and O–H groups in total. The van der Waals surface area contributed by atoms with Crippen LogP contribution in [0.3, 0.4) is 0 Å². The second kappa shape index (κ2) is 5.98. The number of unbranched alkanes of at least 4 members (excludes halogenated alkanes) is 1. The molecule has 0 saturated heterocycles. The molecule has 17 heavy (non-hydrogen) atoms. The largest absolute Gasteiger partial charge is 0.493 e. The van der Waals surface area contributed by atoms with Crippen LogP contribution < -0.4 is 15.2 Å². The van der Waals surface area contributed by atoms with Crippen molar-refractivity contribution in [2.75, 3.05) is 19.5 Å². The van der Waals surface area contributed by atoms with Crippen LogP contribution in [0.4, 0.5) is 5.69 Å². The Kier molecular flexibility index (Phi) is 4.63. The minimum absolute atomic E-state index is 0.0253. The average molecular weight is 239 g/mol. The Morgan fingerprint density at radius 3 is 2.65 bits per heavy atom. The normalized spacial score (nSPS) is 10.0. The van der Waals surface area contributed by atoms with Crippen LogP contribution in [-0.4, -0.2) is 24.8 Å². The minimum atomic E-state index is -1.08. The first-order valence-corrected chi connectivity index (χ1v) is 5.43. The van der Waals surface area contributed by atoms with Crippen LogP contribution in [0.15, 0.2) is 12.1 Å². The van der Waals surface area contributed by atoms with Gasteiger partial charge in [-0.3, -0.25) is 0 Å². The van der Waals surface area contributed by atoms with E-state index in [1.54, 1.807) is 0 Å². The highest BCUT2D eigenvalue weighted by atomic mass is 16.5. The highest BCUT2D eigenvalue weighted by Gasteiger charge is 2.14. The molecule has 0 spiro atoms. The SMILES string of the molecule is CCCCOc1cc(C(=O)O)c(N)cc1OC. The fraction of sp³-hybridized carbons (Fsp3) is 0.417. The van der Waals surface area contributed by atoms with E-state index in [4.69, 9.17) is 20.3 Å². The summed E-state index contributed by atoms with van der Waals surface area (Å²) in [6.07, 6.45) is 1.90. The van der Waals surface area contributed by atoms with Crippen LogP contribution in [0.1, 0.15) is 30.1 Å². The van der Waals surface area contributed by atoms with Gasteiger partial charge in [0.2, 0.25) is 0 Å². The predicted molar refractivity (Wildman–Crippen MR) is 64.8 cm³/mol. The first kappa shape index (κ1) is 13.2. The molecule has 0 radical (unpaired) electrons. The van der Waals surface area contributed by atoms with E-state index < -0.39 is 5.97 Å². The lowest BCUT2D eigenvalue weighted by molar-refractivity contribution is 0.0697. The Bertz CT molecular complexity index is 404. The monoisotopic (exact) mass is 239 g/mol. The number of ether oxygens (including phenoxy) is 2. The van der Waals surface area contributed by atoms with E-state index in [9.17, 15) is 4.79 Å². The van der Waals surface area contributed by atoms with Crippen LogP contribution in [0.2, 0.25) is 0 Å². The summed E-state index contributed by atoms with van der Waals surface area (Å²) in [5, 5.41) is 8.95. The van der Waals surface area contributed by atoms with Crippen molar-refractivity contribution in [1.29, 1.82) is 0 Å². The first-order chi connectivity index (χ1) is 8.10. The Labute approximate surface area is 100 Å². The second-order valence-electron chi connectivity index (χ2n) is 3.60. The van der Waals surface area contributed by atoms with Gasteiger partial charge in [-0.05, 0) is 6.42 Å². The molecule has 0 aliphatic rings. The molecule has 0 heterocycles. The van der Waals surface area contributed by atoms with E-state index in [1.807, 2.05) is 6.92 Å². The summed E-state index contributed by atoms with van der Waals surface area (Å²) in [6, 6.07) is 2.86. The van der Waals surface area contributed by atoms with Crippen molar-refractivity contribution in [3.8, 4) is 11.5 Å². The molecule has 0 unspecified atom stereocenters. The Morgan fingerprint density at radius 2 is 2.12 bits per heavy atom. The molecular weight excluding hydrogens is 222 g/mol. The third kappa shape index (κ3) is 3.27. The van der Waals surface area contributed by atoms with Gasteiger partial charge in [-0.2, -0.15) is 0 Å². The average Bonchev–Trinajstić information content (AvgIpc) is 2.30. The Morgan fingerprint density at radius 1 is 1.41 bits per heavy atom. The van der Waals surface area contributed by atoms with Gasteiger partial charge in [0.25, 0.3) is 0 Å². The third-order valence-corrected chi connectivity index (χ3v) is 2.32. The maximum absolute atomic E-state index is 10.9. The van der Waals surface area contributed by atoms with Crippen LogP contribution in [-0.2, 0) is 0 Å². The highest BCUT2D eigenvalue weighted by molar-refractivity contribution is 5.94. The Balaban J connectivity index is 2.99. The van der Waals surface area contributed by atoms with Gasteiger partial charge in [-0.1, -0.05) is 13.3 Å². The van der Waals surface area contributed by atoms with Gasteiger partial charge in [0.05, 0.1) is 25.0 Å². The fourth-order valence-electron chi connectivity index (χ4n) is 1.36. The molecule has 1 aromatic carbocycles. The maximum Gasteiger partial charge on any atom is 0.337 e. The summed E-state index contributed by atoms with van der Waals surface area (Å²) in [5.41, 5.74) is 5.79. The number of nitrogen functional groups attached to an aromatic ring is 1. The number of anilines is 1. The van der Waals surface area contributed by atoms with Crippen molar-refractivity contribution in [3.63, 3.8) is 0 Å². The van der Waals surface area contributed by atoms with Crippen molar-refractivity contribution in [1.82, 2.24) is 0 Å². The van der Waals surface area contributed by atoms with Crippen molar-refractivity contribution in [2.45, 2.75) is 19.8 Å². The number of benzene rings is 1. The van der Waals surface area contributed by atoms with Gasteiger partial charge in [-0.15, -0.1) is 0 Å². The van der Waals surface area contributed by atoms with Gasteiger partial charge in [-0.25, -0.2) is 4.79 Å². The van der Waals surface area contributed by atoms with Crippen LogP contribution in [0.25, 0.3) is 0 Å². The Hall–Kier alpha value is -1.91. The minimum Gasteiger partial charge on any atom is -0.493 e. The van der Waals surface area contributed by atoms with E-state index in [1.165, 1.54) is 19.2 Å². The van der Waals surface area contributed by atoms with Gasteiger partial charge < -0.3 is 20.3 Å². The molecule has 1 aromatic rings. The van der Waals surface area contributed by atoms with E-state index >= 15 is 0 Å². The molecule has 0 aliphatic carbocycles. The number of hydrogen-bond donors (Lipinski definition) is 2. The zero-order valence-electron chi connectivity index (χ0n) is 10.0. The summed E-state index contributed by atoms with van der Waals surface area (Å²) in [4.78, 5) is 10.9. The number of carboxylic acid groups (broad SMARTS) is 1. The molecule has 0 saturated carbocycles. The van der Waals surface area contributed by atoms with Crippen molar-refractivity contribution >= 4 is 11.7 Å². The summed E-state index contributed by atoms with van der Waals surface area (Å²) in [6.45, 7) is 2.57. The molecule has 94 valence electrons. The van der Waals surface area contributed by atoms with Crippen LogP contribution >= 0.6 is 0 Å². The number of carboxylic acids is 1. The molecule has 5 heteroatoms. The second-order valence-corrected chi connectivity index (χ2v) is 3.60. The molecule has 0 bridgehead atoms. The smallest absolute Gasteiger partial charge is 0.337 e. The molecule has 0 fully saturated rings. The molecule has 0 aromatic heterocycles. The lowest BCUT2D eigenvalue weighted by Crippen LogP contribution is -2.05. The quantitative estimate of drug-likeness (QED) is 0.587. The number of aromatic carboxylic acids is 1. The standard InChI is InChI=1S/C12H17NO4/c1-3-4-5-17-11-6-8(12(14)15)9(13)7-10(11)16-2/h6-7H,3-5,13H2,1-2H3,(H,14,15). The van der Waals surface area contributed by atoms with Crippen LogP contribution in [0, 0.1) is 0 Å². The summed E-state index contributed by atoms with van der Waals surface area (Å²) < 4.78 is 10.6. The molecule has 0 aliphatic heterocycles. The zero-order chi connectivity index (χ0) is 12.8. The van der Waals surface area contributed by atoms with E-state index in [-0.39, 0.29) is 11.3 Å². The summed E-state index contributed by atoms with van der Waals surface area (Å²) in [5.74, 6) is -0.221. The van der Waals surface area contributed by atoms with E-state index in [2.05, 4.69) is 0 Å². The number of methoxy groups -OCH3 is 1. The fourth-order valence-corrected chi connectivity index (χ4v) is 1.36. The number of hydrogen-bond acceptors (Lipinski definition) is 4. The highest BCUT2D eigenvalue weighted by Crippen LogP contribution is 2.32. The lowest BCUT2D eigenvalue weighted by atomic mass is 10.1. The number of carbonyl (C=O) groups is 1. The lowest BCUT2D eigenvalue weighted by Gasteiger charge is -2.12. The molecule has 0 amide bonds. The number of rotatable bonds is 6. The van der Waals surface area contributed by atoms with Crippen molar-refractivity contribution in [3.05, 3.63) is 17.7 Å². The first-order valence-electron chi connectivity index (χ1n) is 5.43. The van der Waals surface area contributed by atoms with Gasteiger partial charge in [0, 0.05) is 12.1 Å². The zero-order valence-corrected chi connectivity index (χ0v) is 10.0. The predicted octanol–water partition coefficient (Wildman–Crippen LogP) is 2.15. The topological polar surface area (TPSA) is 81.8 Å². The van der Waals surface area contributed by atoms with Crippen LogP contribution in [0.5, 0.6) is 11.5 Å². The van der Waals surface area contributed by atoms with Crippen molar-refractivity contribution in [2.24, 2.45) is 0 Å². The van der Waals surface area contributed by atoms with Crippen molar-refractivity contribution < 1.29 is 19.4 Å². The third-order valence-electron chi connectivity index (χ3n) is 2.32. The van der Waals surface area contributed by atoms with E-state index in [0.717, 1.165) is 12.8 Å². The summed E-state index contributed by atoms with van der Waals surface area (Å²) >= 11 is 0. The van der Waals surface area contributed by atoms with Gasteiger partial charge >= 0.3 is 5.97 Å². The van der Waals surface area contributed by atoms with E-state index in [0.29, 0.717) is 18.1 Å². The number of nitrogens with two attached hydrogens (primary N) is 1. The maximum atomic E-state index is 10.9. The van der Waals surface area contributed by atoms with Gasteiger partial charge in [0.15, 0.2) is 11.5 Å². The van der Waals surface area contributed by atoms with Gasteiger partial charge in [0.1, 0.15) is 0 Å². The molecule has 0 atom stereocenters. The molecule has 5 nitrogen and oxygen atoms in total. The molecule has 1 rings (SSSR count). The molecular formula is C12H17NO4.